The van der Waals surface area contributed by atoms with Crippen LogP contribution in [0.4, 0.5) is 0 Å². The second-order valence-corrected chi connectivity index (χ2v) is 4.97. The van der Waals surface area contributed by atoms with Gasteiger partial charge in [0.1, 0.15) is 0 Å². The molecule has 0 spiro atoms. The number of hydrogen-bond acceptors (Lipinski definition) is 2. The molecule has 0 saturated carbocycles. The highest BCUT2D eigenvalue weighted by atomic mass is 79.9. The lowest BCUT2D eigenvalue weighted by Crippen LogP contribution is -2.04. The van der Waals surface area contributed by atoms with Crippen LogP contribution in [0, 0.1) is 11.8 Å². The van der Waals surface area contributed by atoms with Gasteiger partial charge in [-0.2, -0.15) is 0 Å². The molecule has 0 aromatic heterocycles. The van der Waals surface area contributed by atoms with Gasteiger partial charge < -0.3 is 4.74 Å². The summed E-state index contributed by atoms with van der Waals surface area (Å²) in [5, 5.41) is 0. The Morgan fingerprint density at radius 2 is 1.80 bits per heavy atom. The number of rotatable bonds is 2. The topological polar surface area (TPSA) is 26.3 Å². The predicted octanol–water partition coefficient (Wildman–Crippen LogP) is 4.03. The van der Waals surface area contributed by atoms with E-state index >= 15 is 0 Å². The Balaban J connectivity index is 2.14. The van der Waals surface area contributed by atoms with Crippen LogP contribution in [0.1, 0.15) is 28.4 Å². The largest absolute Gasteiger partial charge is 0.462 e. The van der Waals surface area contributed by atoms with Crippen LogP contribution in [0.15, 0.2) is 53.0 Å². The molecule has 2 rings (SSSR count). The van der Waals surface area contributed by atoms with E-state index in [0.717, 1.165) is 15.6 Å². The molecule has 20 heavy (non-hydrogen) atoms. The lowest BCUT2D eigenvalue weighted by molar-refractivity contribution is 0.0526. The van der Waals surface area contributed by atoms with Gasteiger partial charge in [0.05, 0.1) is 12.2 Å². The van der Waals surface area contributed by atoms with E-state index in [0.29, 0.717) is 12.2 Å². The zero-order valence-corrected chi connectivity index (χ0v) is 12.6. The molecule has 2 aromatic carbocycles. The standard InChI is InChI=1S/C17H13BrO2/c1-2-20-17(19)15-10-8-13(9-11-15)6-7-14-4-3-5-16(18)12-14/h3-5,8-12H,2H2,1H3. The van der Waals surface area contributed by atoms with E-state index < -0.39 is 0 Å². The van der Waals surface area contributed by atoms with Crippen molar-refractivity contribution in [1.82, 2.24) is 0 Å². The van der Waals surface area contributed by atoms with E-state index in [1.54, 1.807) is 19.1 Å². The molecule has 0 unspecified atom stereocenters. The van der Waals surface area contributed by atoms with Gasteiger partial charge in [-0.1, -0.05) is 33.8 Å². The lowest BCUT2D eigenvalue weighted by atomic mass is 10.1. The van der Waals surface area contributed by atoms with Crippen molar-refractivity contribution in [1.29, 1.82) is 0 Å². The van der Waals surface area contributed by atoms with Crippen molar-refractivity contribution in [2.45, 2.75) is 6.92 Å². The average Bonchev–Trinajstić information content (AvgIpc) is 2.46. The fourth-order valence-electron chi connectivity index (χ4n) is 1.61. The third-order valence-corrected chi connectivity index (χ3v) is 3.07. The second kappa shape index (κ2) is 6.93. The fourth-order valence-corrected chi connectivity index (χ4v) is 2.01. The van der Waals surface area contributed by atoms with Crippen LogP contribution < -0.4 is 0 Å². The van der Waals surface area contributed by atoms with E-state index in [-0.39, 0.29) is 5.97 Å². The highest BCUT2D eigenvalue weighted by molar-refractivity contribution is 9.10. The monoisotopic (exact) mass is 328 g/mol. The first kappa shape index (κ1) is 14.4. The molecular formula is C17H13BrO2. The van der Waals surface area contributed by atoms with Gasteiger partial charge in [0, 0.05) is 15.6 Å². The summed E-state index contributed by atoms with van der Waals surface area (Å²) in [7, 11) is 0. The molecule has 0 bridgehead atoms. The van der Waals surface area contributed by atoms with Gasteiger partial charge in [-0.25, -0.2) is 4.79 Å². The van der Waals surface area contributed by atoms with Crippen LogP contribution in [0.3, 0.4) is 0 Å². The van der Waals surface area contributed by atoms with Gasteiger partial charge in [-0.3, -0.25) is 0 Å². The van der Waals surface area contributed by atoms with Crippen molar-refractivity contribution in [2.75, 3.05) is 6.61 Å². The SMILES string of the molecule is CCOC(=O)c1ccc(C#Cc2cccc(Br)c2)cc1. The van der Waals surface area contributed by atoms with Crippen molar-refractivity contribution in [3.8, 4) is 11.8 Å². The molecule has 3 heteroatoms. The summed E-state index contributed by atoms with van der Waals surface area (Å²) in [5.74, 6) is 5.84. The summed E-state index contributed by atoms with van der Waals surface area (Å²) in [6.45, 7) is 2.17. The molecule has 0 amide bonds. The number of halogens is 1. The normalized spacial score (nSPS) is 9.50. The number of benzene rings is 2. The highest BCUT2D eigenvalue weighted by Gasteiger charge is 2.04. The molecule has 0 N–H and O–H groups in total. The van der Waals surface area contributed by atoms with Crippen molar-refractivity contribution in [3.63, 3.8) is 0 Å². The minimum absolute atomic E-state index is 0.306. The zero-order chi connectivity index (χ0) is 14.4. The lowest BCUT2D eigenvalue weighted by Gasteiger charge is -2.00. The minimum atomic E-state index is -0.306. The van der Waals surface area contributed by atoms with E-state index in [1.165, 1.54) is 0 Å². The van der Waals surface area contributed by atoms with Crippen LogP contribution in [-0.2, 0) is 4.74 Å². The molecule has 2 nitrogen and oxygen atoms in total. The number of carbonyl (C=O) groups excluding carboxylic acids is 1. The van der Waals surface area contributed by atoms with Gasteiger partial charge in [-0.05, 0) is 49.4 Å². The van der Waals surface area contributed by atoms with E-state index in [2.05, 4.69) is 27.8 Å². The molecule has 0 aliphatic heterocycles. The Kier molecular flexibility index (Phi) is 4.97. The van der Waals surface area contributed by atoms with Crippen LogP contribution in [0.25, 0.3) is 0 Å². The first-order chi connectivity index (χ1) is 9.69. The maximum atomic E-state index is 11.5. The first-order valence-electron chi connectivity index (χ1n) is 6.24. The number of ether oxygens (including phenoxy) is 1. The molecule has 0 aliphatic rings. The van der Waals surface area contributed by atoms with E-state index in [1.807, 2.05) is 36.4 Å². The Morgan fingerprint density at radius 3 is 2.45 bits per heavy atom. The van der Waals surface area contributed by atoms with Gasteiger partial charge in [0.15, 0.2) is 0 Å². The third kappa shape index (κ3) is 3.97. The van der Waals surface area contributed by atoms with Gasteiger partial charge in [-0.15, -0.1) is 0 Å². The van der Waals surface area contributed by atoms with Gasteiger partial charge in [0.25, 0.3) is 0 Å². The second-order valence-electron chi connectivity index (χ2n) is 4.06. The molecule has 0 heterocycles. The van der Waals surface area contributed by atoms with Gasteiger partial charge >= 0.3 is 5.97 Å². The summed E-state index contributed by atoms with van der Waals surface area (Å²) in [6, 6.07) is 14.9. The van der Waals surface area contributed by atoms with Crippen molar-refractivity contribution >= 4 is 21.9 Å². The molecular weight excluding hydrogens is 316 g/mol. The number of hydrogen-bond donors (Lipinski definition) is 0. The summed E-state index contributed by atoms with van der Waals surface area (Å²) < 4.78 is 5.93. The van der Waals surface area contributed by atoms with Crippen LogP contribution in [0.5, 0.6) is 0 Å². The zero-order valence-electron chi connectivity index (χ0n) is 11.0. The summed E-state index contributed by atoms with van der Waals surface area (Å²) in [4.78, 5) is 11.5. The number of esters is 1. The number of carbonyl (C=O) groups is 1. The molecule has 0 radical (unpaired) electrons. The summed E-state index contributed by atoms with van der Waals surface area (Å²) in [5.41, 5.74) is 2.34. The predicted molar refractivity (Wildman–Crippen MR) is 82.5 cm³/mol. The fraction of sp³-hybridized carbons (Fsp3) is 0.118. The van der Waals surface area contributed by atoms with E-state index in [4.69, 9.17) is 4.74 Å². The Morgan fingerprint density at radius 1 is 1.10 bits per heavy atom. The summed E-state index contributed by atoms with van der Waals surface area (Å²) in [6.07, 6.45) is 0. The first-order valence-corrected chi connectivity index (χ1v) is 7.03. The van der Waals surface area contributed by atoms with Crippen LogP contribution in [0.2, 0.25) is 0 Å². The molecule has 2 aromatic rings. The minimum Gasteiger partial charge on any atom is -0.462 e. The maximum Gasteiger partial charge on any atom is 0.338 e. The van der Waals surface area contributed by atoms with Crippen molar-refractivity contribution in [3.05, 3.63) is 69.7 Å². The molecule has 0 saturated heterocycles. The van der Waals surface area contributed by atoms with Gasteiger partial charge in [0.2, 0.25) is 0 Å². The van der Waals surface area contributed by atoms with Crippen molar-refractivity contribution in [2.24, 2.45) is 0 Å². The third-order valence-electron chi connectivity index (χ3n) is 2.57. The Hall–Kier alpha value is -2.05. The molecule has 0 aliphatic carbocycles. The molecule has 0 fully saturated rings. The quantitative estimate of drug-likeness (QED) is 0.614. The Bertz CT molecular complexity index is 663. The smallest absolute Gasteiger partial charge is 0.338 e. The maximum absolute atomic E-state index is 11.5. The average molecular weight is 329 g/mol. The molecule has 0 atom stereocenters. The van der Waals surface area contributed by atoms with Crippen LogP contribution in [-0.4, -0.2) is 12.6 Å². The van der Waals surface area contributed by atoms with Crippen molar-refractivity contribution < 1.29 is 9.53 Å². The Labute approximate surface area is 126 Å². The highest BCUT2D eigenvalue weighted by Crippen LogP contribution is 2.11. The molecule has 100 valence electrons. The van der Waals surface area contributed by atoms with E-state index in [9.17, 15) is 4.79 Å². The van der Waals surface area contributed by atoms with Crippen LogP contribution >= 0.6 is 15.9 Å². The summed E-state index contributed by atoms with van der Waals surface area (Å²) >= 11 is 3.41.